The van der Waals surface area contributed by atoms with Gasteiger partial charge in [-0.15, -0.1) is 0 Å². The third-order valence-corrected chi connectivity index (χ3v) is 15.9. The second-order valence-electron chi connectivity index (χ2n) is 16.5. The van der Waals surface area contributed by atoms with Crippen molar-refractivity contribution < 1.29 is 32.9 Å². The lowest BCUT2D eigenvalue weighted by Gasteiger charge is -2.45. The van der Waals surface area contributed by atoms with Crippen LogP contribution < -0.4 is 15.7 Å². The number of nitrogens with one attached hydrogen (secondary N) is 1. The largest absolute Gasteiger partial charge is 0.447 e. The van der Waals surface area contributed by atoms with Gasteiger partial charge >= 0.3 is 6.09 Å². The number of amides is 1. The van der Waals surface area contributed by atoms with Gasteiger partial charge in [0.15, 0.2) is 11.6 Å². The molecule has 5 rings (SSSR count). The van der Waals surface area contributed by atoms with Crippen molar-refractivity contribution in [1.82, 2.24) is 5.32 Å². The van der Waals surface area contributed by atoms with E-state index in [0.717, 1.165) is 45.3 Å². The molecule has 0 saturated carbocycles. The Hall–Kier alpha value is -2.53. The van der Waals surface area contributed by atoms with E-state index in [4.69, 9.17) is 28.1 Å². The monoisotopic (exact) mass is 735 g/mol. The molecule has 8 nitrogen and oxygen atoms in total. The molecule has 1 amide bonds. The first-order valence-electron chi connectivity index (χ1n) is 19.9. The number of hydrogen-bond donors (Lipinski definition) is 1. The van der Waals surface area contributed by atoms with Crippen LogP contribution in [0.15, 0.2) is 72.8 Å². The van der Waals surface area contributed by atoms with Gasteiger partial charge in [0.25, 0.3) is 8.32 Å². The number of unbranched alkanes of at least 4 members (excludes halogenated alkanes) is 7. The minimum atomic E-state index is -2.90. The summed E-state index contributed by atoms with van der Waals surface area (Å²) in [5.74, 6) is -1.16. The van der Waals surface area contributed by atoms with Gasteiger partial charge in [-0.25, -0.2) is 4.79 Å². The van der Waals surface area contributed by atoms with E-state index in [0.29, 0.717) is 6.42 Å². The third-order valence-electron chi connectivity index (χ3n) is 10.9. The number of benzene rings is 2. The number of carbonyl (C=O) groups excluding carboxylic acids is 1. The Morgan fingerprint density at radius 1 is 0.827 bits per heavy atom. The Bertz CT molecular complexity index is 1370. The average molecular weight is 736 g/mol. The lowest BCUT2D eigenvalue weighted by Crippen LogP contribution is -2.70. The van der Waals surface area contributed by atoms with Gasteiger partial charge in [0.1, 0.15) is 18.2 Å². The second-order valence-corrected chi connectivity index (χ2v) is 20.8. The van der Waals surface area contributed by atoms with Gasteiger partial charge < -0.3 is 33.4 Å². The van der Waals surface area contributed by atoms with Gasteiger partial charge in [-0.2, -0.15) is 0 Å². The molecule has 288 valence electrons. The van der Waals surface area contributed by atoms with Crippen LogP contribution in [-0.2, 0) is 28.1 Å². The van der Waals surface area contributed by atoms with Crippen molar-refractivity contribution in [2.75, 3.05) is 26.4 Å². The van der Waals surface area contributed by atoms with Crippen LogP contribution in [0, 0.1) is 0 Å². The number of rotatable bonds is 20. The molecule has 3 aliphatic heterocycles. The molecule has 9 heteroatoms. The molecule has 52 heavy (non-hydrogen) atoms. The van der Waals surface area contributed by atoms with Crippen LogP contribution >= 0.6 is 0 Å². The van der Waals surface area contributed by atoms with Gasteiger partial charge in [0.05, 0.1) is 25.9 Å². The molecule has 3 aliphatic rings. The third kappa shape index (κ3) is 9.95. The van der Waals surface area contributed by atoms with Crippen LogP contribution in [0.5, 0.6) is 0 Å². The number of alkyl carbamates (subject to hydrolysis) is 1. The number of carbonyl (C=O) groups is 1. The molecule has 3 saturated heterocycles. The first-order chi connectivity index (χ1) is 24.9. The molecule has 2 aromatic carbocycles. The summed E-state index contributed by atoms with van der Waals surface area (Å²) in [5.41, 5.74) is -0.920. The van der Waals surface area contributed by atoms with Crippen molar-refractivity contribution in [2.24, 2.45) is 0 Å². The van der Waals surface area contributed by atoms with Crippen molar-refractivity contribution in [2.45, 2.75) is 153 Å². The Morgan fingerprint density at radius 2 is 1.42 bits per heavy atom. The van der Waals surface area contributed by atoms with Gasteiger partial charge in [-0.3, -0.25) is 0 Å². The molecule has 0 radical (unpaired) electrons. The maximum atomic E-state index is 12.8. The van der Waals surface area contributed by atoms with Crippen molar-refractivity contribution in [3.8, 4) is 0 Å². The molecule has 0 unspecified atom stereocenters. The van der Waals surface area contributed by atoms with Crippen LogP contribution in [0.4, 0.5) is 4.79 Å². The zero-order valence-electron chi connectivity index (χ0n) is 32.8. The number of allylic oxidation sites excluding steroid dienone is 1. The van der Waals surface area contributed by atoms with E-state index in [1.165, 1.54) is 48.9 Å². The van der Waals surface area contributed by atoms with Crippen molar-refractivity contribution in [1.29, 1.82) is 0 Å². The molecule has 3 fully saturated rings. The predicted octanol–water partition coefficient (Wildman–Crippen LogP) is 8.56. The smallest absolute Gasteiger partial charge is 0.407 e. The Kier molecular flexibility index (Phi) is 14.2. The molecule has 0 bridgehead atoms. The molecule has 3 atom stereocenters. The summed E-state index contributed by atoms with van der Waals surface area (Å²) in [4.78, 5) is 12.8. The minimum absolute atomic E-state index is 0.143. The normalized spacial score (nSPS) is 24.4. The standard InChI is InChI=1S/C43H65NO7Si/c1-7-8-9-22-29-43(47-31-32-48-43)30-23-14-12-10-11-13-21-28-37-38(51-41(5,6)50-37)42(33-46-39(45)44-42)34-49-52(40(2,3)4,35-24-17-15-18-25-35)36-26-19-16-20-27-36/h13,15-21,24-27,37-38H,7-12,14,22-23,28-34H2,1-6H3,(H,44,45)/b21-13+/t37-,38+,42+/m1/s1. The maximum Gasteiger partial charge on any atom is 0.407 e. The summed E-state index contributed by atoms with van der Waals surface area (Å²) < 4.78 is 38.3. The minimum Gasteiger partial charge on any atom is -0.447 e. The topological polar surface area (TPSA) is 84.5 Å². The second kappa shape index (κ2) is 18.2. The number of hydrogen-bond acceptors (Lipinski definition) is 7. The molecule has 1 N–H and O–H groups in total. The molecule has 0 aromatic heterocycles. The van der Waals surface area contributed by atoms with Gasteiger partial charge in [0.2, 0.25) is 0 Å². The Balaban J connectivity index is 1.21. The number of cyclic esters (lactones) is 1. The van der Waals surface area contributed by atoms with Crippen LogP contribution in [-0.4, -0.2) is 70.2 Å². The highest BCUT2D eigenvalue weighted by atomic mass is 28.4. The SMILES string of the molecule is CCCCCCC1(CCCCCC/C=C/C[C@H]2OC(C)(C)O[C@@H]2[C@@]2(CO[Si](c3ccccc3)(c3ccccc3)C(C)(C)C)COC(=O)N2)OCCO1. The van der Waals surface area contributed by atoms with Crippen LogP contribution in [0.2, 0.25) is 5.04 Å². The molecule has 2 aromatic rings. The predicted molar refractivity (Wildman–Crippen MR) is 209 cm³/mol. The summed E-state index contributed by atoms with van der Waals surface area (Å²) in [7, 11) is -2.90. The van der Waals surface area contributed by atoms with Gasteiger partial charge in [0, 0.05) is 12.8 Å². The fraction of sp³-hybridized carbons (Fsp3) is 0.651. The summed E-state index contributed by atoms with van der Waals surface area (Å²) >= 11 is 0. The lowest BCUT2D eigenvalue weighted by molar-refractivity contribution is -0.168. The van der Waals surface area contributed by atoms with E-state index in [1.54, 1.807) is 0 Å². The highest BCUT2D eigenvalue weighted by Crippen LogP contribution is 2.41. The molecule has 0 spiro atoms. The summed E-state index contributed by atoms with van der Waals surface area (Å²) in [6.45, 7) is 14.7. The fourth-order valence-corrected chi connectivity index (χ4v) is 13.0. The zero-order chi connectivity index (χ0) is 37.1. The fourth-order valence-electron chi connectivity index (χ4n) is 8.35. The number of ether oxygens (including phenoxy) is 5. The molecular formula is C43H65NO7Si. The Morgan fingerprint density at radius 3 is 1.98 bits per heavy atom. The molecular weight excluding hydrogens is 671 g/mol. The summed E-state index contributed by atoms with van der Waals surface area (Å²) in [6, 6.07) is 21.1. The first kappa shape index (κ1) is 40.6. The lowest BCUT2D eigenvalue weighted by atomic mass is 9.89. The summed E-state index contributed by atoms with van der Waals surface area (Å²) in [6.07, 6.45) is 16.6. The highest BCUT2D eigenvalue weighted by Gasteiger charge is 2.59. The zero-order valence-corrected chi connectivity index (χ0v) is 33.8. The van der Waals surface area contributed by atoms with E-state index in [2.05, 4.69) is 93.7 Å². The van der Waals surface area contributed by atoms with E-state index in [-0.39, 0.29) is 30.1 Å². The summed E-state index contributed by atoms with van der Waals surface area (Å²) in [5, 5.41) is 5.30. The van der Waals surface area contributed by atoms with E-state index in [1.807, 2.05) is 26.0 Å². The highest BCUT2D eigenvalue weighted by molar-refractivity contribution is 6.99. The van der Waals surface area contributed by atoms with Crippen LogP contribution in [0.1, 0.15) is 119 Å². The van der Waals surface area contributed by atoms with Crippen molar-refractivity contribution in [3.05, 3.63) is 72.8 Å². The van der Waals surface area contributed by atoms with E-state index >= 15 is 0 Å². The Labute approximate surface area is 314 Å². The van der Waals surface area contributed by atoms with Gasteiger partial charge in [-0.05, 0) is 61.4 Å². The quantitative estimate of drug-likeness (QED) is 0.0829. The molecule has 0 aliphatic carbocycles. The first-order valence-corrected chi connectivity index (χ1v) is 21.8. The van der Waals surface area contributed by atoms with E-state index < -0.39 is 31.8 Å². The van der Waals surface area contributed by atoms with Gasteiger partial charge in [-0.1, -0.05) is 133 Å². The van der Waals surface area contributed by atoms with Crippen LogP contribution in [0.3, 0.4) is 0 Å². The van der Waals surface area contributed by atoms with E-state index in [9.17, 15) is 4.79 Å². The van der Waals surface area contributed by atoms with Crippen LogP contribution in [0.25, 0.3) is 0 Å². The average Bonchev–Trinajstić information content (AvgIpc) is 3.84. The molecule has 3 heterocycles. The maximum absolute atomic E-state index is 12.8. The van der Waals surface area contributed by atoms with Crippen molar-refractivity contribution in [3.63, 3.8) is 0 Å². The van der Waals surface area contributed by atoms with Crippen molar-refractivity contribution >= 4 is 24.8 Å².